The third kappa shape index (κ3) is 3.41. The zero-order chi connectivity index (χ0) is 13.8. The summed E-state index contributed by atoms with van der Waals surface area (Å²) in [6, 6.07) is 3.16. The molecule has 1 aliphatic rings. The van der Waals surface area contributed by atoms with Crippen LogP contribution in [0.5, 0.6) is 0 Å². The van der Waals surface area contributed by atoms with Gasteiger partial charge in [0.1, 0.15) is 5.69 Å². The van der Waals surface area contributed by atoms with E-state index in [1.165, 1.54) is 6.20 Å². The Morgan fingerprint density at radius 2 is 2.32 bits per heavy atom. The zero-order valence-corrected chi connectivity index (χ0v) is 10.3. The molecule has 1 saturated heterocycles. The fourth-order valence-electron chi connectivity index (χ4n) is 1.92. The molecule has 2 heterocycles. The van der Waals surface area contributed by atoms with Crippen LogP contribution in [0.2, 0.25) is 0 Å². The first-order valence-corrected chi connectivity index (χ1v) is 5.90. The molecule has 0 saturated carbocycles. The number of amides is 1. The summed E-state index contributed by atoms with van der Waals surface area (Å²) in [6.45, 7) is 1.02. The highest BCUT2D eigenvalue weighted by molar-refractivity contribution is 5.92. The van der Waals surface area contributed by atoms with E-state index in [-0.39, 0.29) is 18.9 Å². The summed E-state index contributed by atoms with van der Waals surface area (Å²) >= 11 is 0. The van der Waals surface area contributed by atoms with E-state index < -0.39 is 12.1 Å². The van der Waals surface area contributed by atoms with Crippen molar-refractivity contribution in [2.24, 2.45) is 0 Å². The lowest BCUT2D eigenvalue weighted by Gasteiger charge is -2.32. The zero-order valence-electron chi connectivity index (χ0n) is 10.3. The number of rotatable bonds is 3. The topological polar surface area (TPSA) is 106 Å². The first kappa shape index (κ1) is 13.3. The Balaban J connectivity index is 2.02. The number of hydrogen-bond donors (Lipinski definition) is 2. The molecule has 0 aliphatic carbocycles. The number of pyridine rings is 1. The number of nitrogen functional groups attached to an aromatic ring is 1. The lowest BCUT2D eigenvalue weighted by atomic mass is 10.2. The molecule has 102 valence electrons. The maximum absolute atomic E-state index is 12.2. The minimum atomic E-state index is -0.940. The molecule has 1 atom stereocenters. The van der Waals surface area contributed by atoms with Gasteiger partial charge in [-0.3, -0.25) is 9.59 Å². The number of carbonyl (C=O) groups is 2. The standard InChI is InChI=1S/C12H15N3O4/c13-8-1-2-10(14-6-8)12(18)15-3-4-19-9(7-15)5-11(16)17/h1-2,6,9H,3-5,7,13H2,(H,16,17). The van der Waals surface area contributed by atoms with E-state index in [4.69, 9.17) is 15.6 Å². The number of carboxylic acids is 1. The number of hydrogen-bond acceptors (Lipinski definition) is 5. The van der Waals surface area contributed by atoms with Crippen LogP contribution in [-0.4, -0.2) is 52.7 Å². The van der Waals surface area contributed by atoms with Crippen LogP contribution in [0.1, 0.15) is 16.9 Å². The number of ether oxygens (including phenoxy) is 1. The quantitative estimate of drug-likeness (QED) is 0.795. The van der Waals surface area contributed by atoms with Gasteiger partial charge in [0.05, 0.1) is 31.0 Å². The van der Waals surface area contributed by atoms with Crippen molar-refractivity contribution in [3.8, 4) is 0 Å². The van der Waals surface area contributed by atoms with Gasteiger partial charge in [0, 0.05) is 13.1 Å². The Kier molecular flexibility index (Phi) is 3.96. The average molecular weight is 265 g/mol. The van der Waals surface area contributed by atoms with Crippen molar-refractivity contribution in [3.05, 3.63) is 24.0 Å². The Bertz CT molecular complexity index is 474. The van der Waals surface area contributed by atoms with E-state index in [0.29, 0.717) is 24.5 Å². The van der Waals surface area contributed by atoms with Crippen LogP contribution in [0.25, 0.3) is 0 Å². The molecule has 1 fully saturated rings. The number of morpholine rings is 1. The molecule has 1 unspecified atom stereocenters. The van der Waals surface area contributed by atoms with Crippen molar-refractivity contribution in [3.63, 3.8) is 0 Å². The molecule has 0 aromatic carbocycles. The Hall–Kier alpha value is -2.15. The van der Waals surface area contributed by atoms with Gasteiger partial charge in [-0.05, 0) is 12.1 Å². The van der Waals surface area contributed by atoms with E-state index in [1.807, 2.05) is 0 Å². The summed E-state index contributed by atoms with van der Waals surface area (Å²) < 4.78 is 5.31. The second kappa shape index (κ2) is 5.66. The highest BCUT2D eigenvalue weighted by atomic mass is 16.5. The molecule has 7 nitrogen and oxygen atoms in total. The number of aliphatic carboxylic acids is 1. The molecule has 19 heavy (non-hydrogen) atoms. The van der Waals surface area contributed by atoms with Crippen LogP contribution >= 0.6 is 0 Å². The van der Waals surface area contributed by atoms with Gasteiger partial charge in [-0.1, -0.05) is 0 Å². The van der Waals surface area contributed by atoms with E-state index in [1.54, 1.807) is 17.0 Å². The van der Waals surface area contributed by atoms with Gasteiger partial charge in [0.15, 0.2) is 0 Å². The van der Waals surface area contributed by atoms with Crippen molar-refractivity contribution in [2.75, 3.05) is 25.4 Å². The van der Waals surface area contributed by atoms with Gasteiger partial charge >= 0.3 is 5.97 Å². The highest BCUT2D eigenvalue weighted by Crippen LogP contribution is 2.12. The summed E-state index contributed by atoms with van der Waals surface area (Å²) in [5.74, 6) is -1.18. The summed E-state index contributed by atoms with van der Waals surface area (Å²) in [5.41, 5.74) is 6.29. The molecule has 7 heteroatoms. The second-order valence-electron chi connectivity index (χ2n) is 4.32. The minimum absolute atomic E-state index is 0.112. The predicted molar refractivity (Wildman–Crippen MR) is 66.5 cm³/mol. The normalized spacial score (nSPS) is 19.2. The van der Waals surface area contributed by atoms with Gasteiger partial charge in [-0.25, -0.2) is 4.98 Å². The van der Waals surface area contributed by atoms with E-state index >= 15 is 0 Å². The summed E-state index contributed by atoms with van der Waals surface area (Å²) in [4.78, 5) is 28.3. The monoisotopic (exact) mass is 265 g/mol. The fraction of sp³-hybridized carbons (Fsp3) is 0.417. The number of anilines is 1. The van der Waals surface area contributed by atoms with E-state index in [9.17, 15) is 9.59 Å². The van der Waals surface area contributed by atoms with Crippen LogP contribution in [0, 0.1) is 0 Å². The summed E-state index contributed by atoms with van der Waals surface area (Å²) in [5, 5.41) is 8.73. The van der Waals surface area contributed by atoms with E-state index in [0.717, 1.165) is 0 Å². The maximum Gasteiger partial charge on any atom is 0.306 e. The average Bonchev–Trinajstić information content (AvgIpc) is 2.38. The van der Waals surface area contributed by atoms with Crippen LogP contribution in [0.4, 0.5) is 5.69 Å². The van der Waals surface area contributed by atoms with Crippen LogP contribution in [0.15, 0.2) is 18.3 Å². The molecule has 1 aromatic heterocycles. The van der Waals surface area contributed by atoms with Crippen molar-refractivity contribution < 1.29 is 19.4 Å². The Morgan fingerprint density at radius 3 is 2.95 bits per heavy atom. The number of nitrogens with two attached hydrogens (primary N) is 1. The minimum Gasteiger partial charge on any atom is -0.481 e. The third-order valence-electron chi connectivity index (χ3n) is 2.83. The molecular formula is C12H15N3O4. The molecule has 0 spiro atoms. The summed E-state index contributed by atoms with van der Waals surface area (Å²) in [6.07, 6.45) is 0.838. The van der Waals surface area contributed by atoms with Crippen LogP contribution in [-0.2, 0) is 9.53 Å². The molecule has 2 rings (SSSR count). The first-order chi connectivity index (χ1) is 9.06. The maximum atomic E-state index is 12.2. The van der Waals surface area contributed by atoms with Crippen molar-refractivity contribution in [2.45, 2.75) is 12.5 Å². The van der Waals surface area contributed by atoms with Gasteiger partial charge in [-0.15, -0.1) is 0 Å². The van der Waals surface area contributed by atoms with Crippen molar-refractivity contribution >= 4 is 17.6 Å². The van der Waals surface area contributed by atoms with E-state index in [2.05, 4.69) is 4.98 Å². The smallest absolute Gasteiger partial charge is 0.306 e. The number of nitrogens with zero attached hydrogens (tertiary/aromatic N) is 2. The molecule has 1 aromatic rings. The largest absolute Gasteiger partial charge is 0.481 e. The molecule has 0 radical (unpaired) electrons. The molecule has 3 N–H and O–H groups in total. The molecule has 0 bridgehead atoms. The van der Waals surface area contributed by atoms with Crippen molar-refractivity contribution in [1.82, 2.24) is 9.88 Å². The summed E-state index contributed by atoms with van der Waals surface area (Å²) in [7, 11) is 0. The second-order valence-corrected chi connectivity index (χ2v) is 4.32. The number of carboxylic acid groups (broad SMARTS) is 1. The highest BCUT2D eigenvalue weighted by Gasteiger charge is 2.27. The fourth-order valence-corrected chi connectivity index (χ4v) is 1.92. The predicted octanol–water partition coefficient (Wildman–Crippen LogP) is -0.0205. The van der Waals surface area contributed by atoms with Crippen LogP contribution in [0.3, 0.4) is 0 Å². The van der Waals surface area contributed by atoms with Gasteiger partial charge in [0.2, 0.25) is 0 Å². The Morgan fingerprint density at radius 1 is 1.53 bits per heavy atom. The van der Waals surface area contributed by atoms with Crippen molar-refractivity contribution in [1.29, 1.82) is 0 Å². The number of aromatic nitrogens is 1. The first-order valence-electron chi connectivity index (χ1n) is 5.90. The molecule has 1 aliphatic heterocycles. The van der Waals surface area contributed by atoms with Gasteiger partial charge < -0.3 is 20.5 Å². The molecular weight excluding hydrogens is 250 g/mol. The van der Waals surface area contributed by atoms with Gasteiger partial charge in [0.25, 0.3) is 5.91 Å². The third-order valence-corrected chi connectivity index (χ3v) is 2.83. The lowest BCUT2D eigenvalue weighted by Crippen LogP contribution is -2.46. The number of carbonyl (C=O) groups excluding carboxylic acids is 1. The lowest BCUT2D eigenvalue weighted by molar-refractivity contribution is -0.141. The SMILES string of the molecule is Nc1ccc(C(=O)N2CCOC(CC(=O)O)C2)nc1. The molecule has 1 amide bonds. The van der Waals surface area contributed by atoms with Crippen LogP contribution < -0.4 is 5.73 Å². The van der Waals surface area contributed by atoms with Gasteiger partial charge in [-0.2, -0.15) is 0 Å². The Labute approximate surface area is 110 Å².